The van der Waals surface area contributed by atoms with Crippen LogP contribution in [-0.2, 0) is 13.1 Å². The van der Waals surface area contributed by atoms with Crippen LogP contribution in [0.3, 0.4) is 0 Å². The van der Waals surface area contributed by atoms with E-state index in [2.05, 4.69) is 5.43 Å². The second kappa shape index (κ2) is 7.58. The molecule has 0 radical (unpaired) electrons. The van der Waals surface area contributed by atoms with Gasteiger partial charge in [-0.1, -0.05) is 30.3 Å². The SMILES string of the molecule is NNC(=O)c1occc1CN(CCO)Cc1ccccc1. The van der Waals surface area contributed by atoms with Crippen molar-refractivity contribution in [3.63, 3.8) is 0 Å². The molecular formula is C15H19N3O3. The number of hydrogen-bond donors (Lipinski definition) is 3. The van der Waals surface area contributed by atoms with E-state index in [-0.39, 0.29) is 12.4 Å². The molecule has 0 unspecified atom stereocenters. The molecule has 112 valence electrons. The second-order valence-electron chi connectivity index (χ2n) is 4.67. The third kappa shape index (κ3) is 4.16. The number of aliphatic hydroxyl groups excluding tert-OH is 1. The number of furan rings is 1. The van der Waals surface area contributed by atoms with Crippen molar-refractivity contribution in [3.05, 3.63) is 59.5 Å². The molecule has 6 nitrogen and oxygen atoms in total. The molecule has 1 heterocycles. The Hall–Kier alpha value is -2.15. The first kappa shape index (κ1) is 15.2. The van der Waals surface area contributed by atoms with Gasteiger partial charge < -0.3 is 9.52 Å². The van der Waals surface area contributed by atoms with E-state index in [9.17, 15) is 9.90 Å². The van der Waals surface area contributed by atoms with Gasteiger partial charge in [0.2, 0.25) is 0 Å². The molecule has 0 aliphatic carbocycles. The predicted octanol–water partition coefficient (Wildman–Crippen LogP) is 0.878. The summed E-state index contributed by atoms with van der Waals surface area (Å²) in [6.07, 6.45) is 1.46. The summed E-state index contributed by atoms with van der Waals surface area (Å²) < 4.78 is 5.17. The van der Waals surface area contributed by atoms with Crippen molar-refractivity contribution in [2.75, 3.05) is 13.2 Å². The van der Waals surface area contributed by atoms with Crippen LogP contribution < -0.4 is 11.3 Å². The Morgan fingerprint density at radius 1 is 1.24 bits per heavy atom. The smallest absolute Gasteiger partial charge is 0.301 e. The van der Waals surface area contributed by atoms with Crippen LogP contribution in [0, 0.1) is 0 Å². The number of carbonyl (C=O) groups is 1. The van der Waals surface area contributed by atoms with Gasteiger partial charge in [0.25, 0.3) is 0 Å². The summed E-state index contributed by atoms with van der Waals surface area (Å²) in [4.78, 5) is 13.6. The van der Waals surface area contributed by atoms with Crippen LogP contribution in [-0.4, -0.2) is 29.1 Å². The van der Waals surface area contributed by atoms with E-state index in [1.54, 1.807) is 6.07 Å². The minimum absolute atomic E-state index is 0.0447. The second-order valence-corrected chi connectivity index (χ2v) is 4.67. The molecular weight excluding hydrogens is 270 g/mol. The third-order valence-electron chi connectivity index (χ3n) is 3.14. The maximum atomic E-state index is 11.6. The monoisotopic (exact) mass is 289 g/mol. The van der Waals surface area contributed by atoms with Gasteiger partial charge in [0, 0.05) is 25.2 Å². The Morgan fingerprint density at radius 3 is 2.67 bits per heavy atom. The molecule has 2 aromatic rings. The average Bonchev–Trinajstić information content (AvgIpc) is 2.96. The molecule has 0 fully saturated rings. The average molecular weight is 289 g/mol. The van der Waals surface area contributed by atoms with Crippen molar-refractivity contribution < 1.29 is 14.3 Å². The molecule has 1 aromatic heterocycles. The Morgan fingerprint density at radius 2 is 2.00 bits per heavy atom. The largest absolute Gasteiger partial charge is 0.459 e. The lowest BCUT2D eigenvalue weighted by Crippen LogP contribution is -2.32. The molecule has 21 heavy (non-hydrogen) atoms. The maximum absolute atomic E-state index is 11.6. The Balaban J connectivity index is 2.09. The standard InChI is InChI=1S/C15H19N3O3/c16-17-15(20)14-13(6-9-21-14)11-18(7-8-19)10-12-4-2-1-3-5-12/h1-6,9,19H,7-8,10-11,16H2,(H,17,20). The number of nitrogens with one attached hydrogen (secondary N) is 1. The van der Waals surface area contributed by atoms with Gasteiger partial charge in [-0.25, -0.2) is 5.84 Å². The highest BCUT2D eigenvalue weighted by Crippen LogP contribution is 2.15. The number of rotatable bonds is 7. The van der Waals surface area contributed by atoms with Crippen LogP contribution in [0.25, 0.3) is 0 Å². The lowest BCUT2D eigenvalue weighted by Gasteiger charge is -2.21. The Bertz CT molecular complexity index is 569. The summed E-state index contributed by atoms with van der Waals surface area (Å²) in [6, 6.07) is 11.7. The first-order chi connectivity index (χ1) is 10.2. The topological polar surface area (TPSA) is 91.7 Å². The number of nitrogens with two attached hydrogens (primary N) is 1. The van der Waals surface area contributed by atoms with E-state index in [4.69, 9.17) is 10.3 Å². The highest BCUT2D eigenvalue weighted by atomic mass is 16.3. The number of nitrogens with zero attached hydrogens (tertiary/aromatic N) is 1. The van der Waals surface area contributed by atoms with Crippen LogP contribution in [0.5, 0.6) is 0 Å². The summed E-state index contributed by atoms with van der Waals surface area (Å²) >= 11 is 0. The van der Waals surface area contributed by atoms with Crippen molar-refractivity contribution >= 4 is 5.91 Å². The van der Waals surface area contributed by atoms with Crippen LogP contribution in [0.2, 0.25) is 0 Å². The molecule has 0 aliphatic heterocycles. The predicted molar refractivity (Wildman–Crippen MR) is 78.0 cm³/mol. The molecule has 0 atom stereocenters. The molecule has 1 amide bonds. The van der Waals surface area contributed by atoms with Crippen LogP contribution in [0.1, 0.15) is 21.7 Å². The van der Waals surface area contributed by atoms with Crippen LogP contribution >= 0.6 is 0 Å². The van der Waals surface area contributed by atoms with E-state index in [1.807, 2.05) is 35.2 Å². The van der Waals surface area contributed by atoms with E-state index >= 15 is 0 Å². The number of nitrogen functional groups attached to an aromatic ring is 1. The quantitative estimate of drug-likeness (QED) is 0.400. The van der Waals surface area contributed by atoms with E-state index in [0.717, 1.165) is 11.1 Å². The van der Waals surface area contributed by atoms with Gasteiger partial charge >= 0.3 is 5.91 Å². The third-order valence-corrected chi connectivity index (χ3v) is 3.14. The van der Waals surface area contributed by atoms with Gasteiger partial charge in [-0.05, 0) is 11.6 Å². The molecule has 0 saturated heterocycles. The summed E-state index contributed by atoms with van der Waals surface area (Å²) in [5.74, 6) is 4.87. The molecule has 1 aromatic carbocycles. The summed E-state index contributed by atoms with van der Waals surface area (Å²) in [5.41, 5.74) is 3.94. The molecule has 0 saturated carbocycles. The normalized spacial score (nSPS) is 10.8. The van der Waals surface area contributed by atoms with Gasteiger partial charge in [0.1, 0.15) is 0 Å². The van der Waals surface area contributed by atoms with Crippen molar-refractivity contribution in [1.29, 1.82) is 0 Å². The summed E-state index contributed by atoms with van der Waals surface area (Å²) in [5, 5.41) is 9.20. The molecule has 2 rings (SSSR count). The fourth-order valence-electron chi connectivity index (χ4n) is 2.16. The van der Waals surface area contributed by atoms with Crippen LogP contribution in [0.15, 0.2) is 47.1 Å². The Kier molecular flexibility index (Phi) is 5.51. The van der Waals surface area contributed by atoms with Gasteiger partial charge in [0.15, 0.2) is 5.76 Å². The van der Waals surface area contributed by atoms with Crippen LogP contribution in [0.4, 0.5) is 0 Å². The van der Waals surface area contributed by atoms with Crippen molar-refractivity contribution in [2.24, 2.45) is 5.84 Å². The summed E-state index contributed by atoms with van der Waals surface area (Å²) in [7, 11) is 0. The minimum Gasteiger partial charge on any atom is -0.459 e. The van der Waals surface area contributed by atoms with Crippen molar-refractivity contribution in [2.45, 2.75) is 13.1 Å². The number of carbonyl (C=O) groups excluding carboxylic acids is 1. The van der Waals surface area contributed by atoms with Crippen molar-refractivity contribution in [1.82, 2.24) is 10.3 Å². The molecule has 4 N–H and O–H groups in total. The number of hydrogen-bond acceptors (Lipinski definition) is 5. The zero-order valence-corrected chi connectivity index (χ0v) is 11.7. The first-order valence-corrected chi connectivity index (χ1v) is 6.69. The minimum atomic E-state index is -0.460. The fourth-order valence-corrected chi connectivity index (χ4v) is 2.16. The number of hydrazine groups is 1. The summed E-state index contributed by atoms with van der Waals surface area (Å²) in [6.45, 7) is 1.72. The van der Waals surface area contributed by atoms with E-state index in [0.29, 0.717) is 19.6 Å². The Labute approximate surface area is 123 Å². The highest BCUT2D eigenvalue weighted by Gasteiger charge is 2.17. The van der Waals surface area contributed by atoms with Gasteiger partial charge in [-0.2, -0.15) is 0 Å². The van der Waals surface area contributed by atoms with E-state index in [1.165, 1.54) is 6.26 Å². The number of benzene rings is 1. The van der Waals surface area contributed by atoms with E-state index < -0.39 is 5.91 Å². The molecule has 0 spiro atoms. The zero-order chi connectivity index (χ0) is 15.1. The molecule has 0 aliphatic rings. The number of aliphatic hydroxyl groups is 1. The maximum Gasteiger partial charge on any atom is 0.301 e. The lowest BCUT2D eigenvalue weighted by molar-refractivity contribution is 0.0922. The van der Waals surface area contributed by atoms with Gasteiger partial charge in [-0.15, -0.1) is 0 Å². The number of amides is 1. The lowest BCUT2D eigenvalue weighted by atomic mass is 10.2. The zero-order valence-electron chi connectivity index (χ0n) is 11.7. The molecule has 0 bridgehead atoms. The first-order valence-electron chi connectivity index (χ1n) is 6.69. The molecule has 6 heteroatoms. The van der Waals surface area contributed by atoms with Gasteiger partial charge in [0.05, 0.1) is 12.9 Å². The fraction of sp³-hybridized carbons (Fsp3) is 0.267. The highest BCUT2D eigenvalue weighted by molar-refractivity contribution is 5.92. The van der Waals surface area contributed by atoms with Crippen molar-refractivity contribution in [3.8, 4) is 0 Å². The van der Waals surface area contributed by atoms with Gasteiger partial charge in [-0.3, -0.25) is 15.1 Å².